The predicted molar refractivity (Wildman–Crippen MR) is 118 cm³/mol. The van der Waals surface area contributed by atoms with Gasteiger partial charge in [-0.15, -0.1) is 0 Å². The van der Waals surface area contributed by atoms with Crippen LogP contribution in [0.1, 0.15) is 27.3 Å². The lowest BCUT2D eigenvalue weighted by molar-refractivity contribution is -0.141. The average molecular weight is 453 g/mol. The topological polar surface area (TPSA) is 54.9 Å². The molecule has 0 radical (unpaired) electrons. The summed E-state index contributed by atoms with van der Waals surface area (Å²) in [5.74, 6) is -0.921. The number of rotatable bonds is 3. The Balaban J connectivity index is 2.09. The third-order valence-corrected chi connectivity index (χ3v) is 5.51. The van der Waals surface area contributed by atoms with Gasteiger partial charge in [0, 0.05) is 24.2 Å². The Morgan fingerprint density at radius 1 is 1.00 bits per heavy atom. The molecule has 0 saturated heterocycles. The number of aromatic nitrogens is 2. The second kappa shape index (κ2) is 8.27. The van der Waals surface area contributed by atoms with Crippen molar-refractivity contribution in [3.05, 3.63) is 83.1 Å². The number of amides is 1. The molecule has 0 unspecified atom stereocenters. The van der Waals surface area contributed by atoms with Crippen LogP contribution in [0, 0.1) is 19.7 Å². The second-order valence-corrected chi connectivity index (χ2v) is 7.63. The summed E-state index contributed by atoms with van der Waals surface area (Å²) in [6, 6.07) is 11.8. The summed E-state index contributed by atoms with van der Waals surface area (Å²) in [6.07, 6.45) is -3.47. The van der Waals surface area contributed by atoms with Crippen LogP contribution in [-0.2, 0) is 6.18 Å². The zero-order valence-electron chi connectivity index (χ0n) is 18.0. The zero-order valence-corrected chi connectivity index (χ0v) is 18.0. The minimum Gasteiger partial charge on any atom is -0.354 e. The van der Waals surface area contributed by atoms with Gasteiger partial charge in [0.25, 0.3) is 5.91 Å². The van der Waals surface area contributed by atoms with Crippen molar-refractivity contribution in [3.8, 4) is 22.3 Å². The van der Waals surface area contributed by atoms with E-state index >= 15 is 0 Å². The van der Waals surface area contributed by atoms with E-state index in [-0.39, 0.29) is 11.3 Å². The minimum atomic E-state index is -4.59. The van der Waals surface area contributed by atoms with Crippen LogP contribution < -0.4 is 5.32 Å². The van der Waals surface area contributed by atoms with E-state index in [1.165, 1.54) is 25.2 Å². The largest absolute Gasteiger partial charge is 0.433 e. The van der Waals surface area contributed by atoms with Gasteiger partial charge in [0.1, 0.15) is 17.2 Å². The first-order valence-electron chi connectivity index (χ1n) is 10.1. The SMILES string of the molecule is CNC(=O)c1cc(-c2ccccc2F)c2c(C)c(-c3ccnc(C(F)(F)F)c3)c(C)cc2n1. The first kappa shape index (κ1) is 22.4. The van der Waals surface area contributed by atoms with Crippen molar-refractivity contribution in [1.82, 2.24) is 15.3 Å². The molecule has 168 valence electrons. The second-order valence-electron chi connectivity index (χ2n) is 7.63. The molecule has 2 aromatic heterocycles. The number of halogens is 4. The molecule has 4 rings (SSSR count). The molecule has 33 heavy (non-hydrogen) atoms. The third-order valence-electron chi connectivity index (χ3n) is 5.51. The Morgan fingerprint density at radius 2 is 1.73 bits per heavy atom. The van der Waals surface area contributed by atoms with E-state index in [1.54, 1.807) is 38.1 Å². The quantitative estimate of drug-likeness (QED) is 0.382. The maximum absolute atomic E-state index is 14.8. The van der Waals surface area contributed by atoms with E-state index in [2.05, 4.69) is 15.3 Å². The molecule has 1 amide bonds. The van der Waals surface area contributed by atoms with Crippen LogP contribution in [0.15, 0.2) is 54.7 Å². The number of alkyl halides is 3. The van der Waals surface area contributed by atoms with Gasteiger partial charge in [0.2, 0.25) is 0 Å². The molecule has 2 aromatic carbocycles. The first-order chi connectivity index (χ1) is 15.6. The van der Waals surface area contributed by atoms with Gasteiger partial charge in [-0.25, -0.2) is 9.37 Å². The normalized spacial score (nSPS) is 11.6. The summed E-state index contributed by atoms with van der Waals surface area (Å²) in [7, 11) is 1.47. The van der Waals surface area contributed by atoms with Gasteiger partial charge in [-0.05, 0) is 72.0 Å². The van der Waals surface area contributed by atoms with Crippen LogP contribution in [0.2, 0.25) is 0 Å². The lowest BCUT2D eigenvalue weighted by Crippen LogP contribution is -2.19. The molecule has 0 aliphatic heterocycles. The molecule has 0 spiro atoms. The van der Waals surface area contributed by atoms with Gasteiger partial charge in [-0.1, -0.05) is 18.2 Å². The Hall–Kier alpha value is -3.81. The summed E-state index contributed by atoms with van der Waals surface area (Å²) in [4.78, 5) is 20.2. The fourth-order valence-electron chi connectivity index (χ4n) is 4.08. The van der Waals surface area contributed by atoms with Crippen LogP contribution in [0.5, 0.6) is 0 Å². The van der Waals surface area contributed by atoms with Crippen LogP contribution in [0.3, 0.4) is 0 Å². The van der Waals surface area contributed by atoms with Crippen LogP contribution >= 0.6 is 0 Å². The molecule has 0 aliphatic rings. The predicted octanol–water partition coefficient (Wildman–Crippen LogP) is 6.10. The molecule has 0 fully saturated rings. The first-order valence-corrected chi connectivity index (χ1v) is 10.1. The van der Waals surface area contributed by atoms with E-state index in [0.29, 0.717) is 38.7 Å². The Kier molecular flexibility index (Phi) is 5.61. The summed E-state index contributed by atoms with van der Waals surface area (Å²) in [5, 5.41) is 3.07. The highest BCUT2D eigenvalue weighted by Gasteiger charge is 2.33. The smallest absolute Gasteiger partial charge is 0.354 e. The van der Waals surface area contributed by atoms with E-state index in [9.17, 15) is 22.4 Å². The van der Waals surface area contributed by atoms with Crippen molar-refractivity contribution < 1.29 is 22.4 Å². The number of nitrogens with zero attached hydrogens (tertiary/aromatic N) is 2. The van der Waals surface area contributed by atoms with Gasteiger partial charge in [0.05, 0.1) is 5.52 Å². The van der Waals surface area contributed by atoms with Crippen molar-refractivity contribution in [2.45, 2.75) is 20.0 Å². The number of nitrogens with one attached hydrogen (secondary N) is 1. The van der Waals surface area contributed by atoms with E-state index in [1.807, 2.05) is 0 Å². The van der Waals surface area contributed by atoms with Gasteiger partial charge in [-0.2, -0.15) is 13.2 Å². The molecule has 0 saturated carbocycles. The molecule has 2 heterocycles. The van der Waals surface area contributed by atoms with Crippen LogP contribution in [0.4, 0.5) is 17.6 Å². The molecule has 4 nitrogen and oxygen atoms in total. The van der Waals surface area contributed by atoms with E-state index < -0.39 is 23.6 Å². The highest BCUT2D eigenvalue weighted by atomic mass is 19.4. The highest BCUT2D eigenvalue weighted by Crippen LogP contribution is 2.40. The maximum atomic E-state index is 14.8. The summed E-state index contributed by atoms with van der Waals surface area (Å²) in [6.45, 7) is 3.51. The highest BCUT2D eigenvalue weighted by molar-refractivity contribution is 6.05. The lowest BCUT2D eigenvalue weighted by atomic mass is 9.88. The Morgan fingerprint density at radius 3 is 2.39 bits per heavy atom. The van der Waals surface area contributed by atoms with Crippen molar-refractivity contribution in [1.29, 1.82) is 0 Å². The fraction of sp³-hybridized carbons (Fsp3) is 0.160. The lowest BCUT2D eigenvalue weighted by Gasteiger charge is -2.18. The van der Waals surface area contributed by atoms with E-state index in [4.69, 9.17) is 0 Å². The molecule has 0 atom stereocenters. The van der Waals surface area contributed by atoms with Gasteiger partial charge < -0.3 is 5.32 Å². The maximum Gasteiger partial charge on any atom is 0.433 e. The Bertz CT molecular complexity index is 1400. The van der Waals surface area contributed by atoms with Gasteiger partial charge in [-0.3, -0.25) is 9.78 Å². The summed E-state index contributed by atoms with van der Waals surface area (Å²) < 4.78 is 54.6. The monoisotopic (exact) mass is 453 g/mol. The van der Waals surface area contributed by atoms with Crippen molar-refractivity contribution >= 4 is 16.8 Å². The average Bonchev–Trinajstić information content (AvgIpc) is 2.77. The minimum absolute atomic E-state index is 0.109. The van der Waals surface area contributed by atoms with Crippen molar-refractivity contribution in [2.75, 3.05) is 7.05 Å². The molecular weight excluding hydrogens is 434 g/mol. The third kappa shape index (κ3) is 4.04. The molecule has 4 aromatic rings. The summed E-state index contributed by atoms with van der Waals surface area (Å²) >= 11 is 0. The molecule has 8 heteroatoms. The molecule has 0 bridgehead atoms. The number of pyridine rings is 2. The standard InChI is InChI=1S/C25H19F4N3O/c1-13-10-19-23(14(2)22(13)15-8-9-31-21(11-15)25(27,28)29)17(12-20(32-19)24(33)30-3)16-6-4-5-7-18(16)26/h4-12H,1-3H3,(H,30,33). The van der Waals surface area contributed by atoms with E-state index in [0.717, 1.165) is 12.3 Å². The van der Waals surface area contributed by atoms with Crippen molar-refractivity contribution in [2.24, 2.45) is 0 Å². The molecular formula is C25H19F4N3O. The fourth-order valence-corrected chi connectivity index (χ4v) is 4.08. The van der Waals surface area contributed by atoms with Gasteiger partial charge >= 0.3 is 6.18 Å². The number of hydrogen-bond acceptors (Lipinski definition) is 3. The molecule has 0 aliphatic carbocycles. The van der Waals surface area contributed by atoms with Crippen molar-refractivity contribution in [3.63, 3.8) is 0 Å². The Labute approximate surface area is 187 Å². The van der Waals surface area contributed by atoms with Crippen LogP contribution in [-0.4, -0.2) is 22.9 Å². The number of benzene rings is 2. The van der Waals surface area contributed by atoms with Gasteiger partial charge in [0.15, 0.2) is 0 Å². The number of fused-ring (bicyclic) bond motifs is 1. The number of carbonyl (C=O) groups excluding carboxylic acids is 1. The number of hydrogen-bond donors (Lipinski definition) is 1. The summed E-state index contributed by atoms with van der Waals surface area (Å²) in [5.41, 5.74) is 2.45. The zero-order chi connectivity index (χ0) is 23.9. The van der Waals surface area contributed by atoms with Crippen LogP contribution in [0.25, 0.3) is 33.2 Å². The number of carbonyl (C=O) groups is 1. The number of aryl methyl sites for hydroxylation is 2. The molecule has 1 N–H and O–H groups in total.